The lowest BCUT2D eigenvalue weighted by molar-refractivity contribution is -0.122. The molecule has 0 radical (unpaired) electrons. The molecule has 2 aromatic carbocycles. The van der Waals surface area contributed by atoms with Crippen molar-refractivity contribution in [2.24, 2.45) is 0 Å². The summed E-state index contributed by atoms with van der Waals surface area (Å²) in [5.41, 5.74) is 10.4. The fourth-order valence-electron chi connectivity index (χ4n) is 2.83. The van der Waals surface area contributed by atoms with Gasteiger partial charge in [-0.15, -0.1) is 11.3 Å². The van der Waals surface area contributed by atoms with E-state index in [1.54, 1.807) is 6.92 Å². The summed E-state index contributed by atoms with van der Waals surface area (Å²) >= 11 is 1.39. The molecule has 1 unspecified atom stereocenters. The zero-order valence-corrected chi connectivity index (χ0v) is 16.5. The second-order valence-corrected chi connectivity index (χ2v) is 7.20. The standard InChI is InChI=1S/C21H23N3O2S/c1-4-15-8-5-7-13(2)19(15)24-20(25)14(3)26-17-10-6-9-16(11-17)18-12-27-21(22)23-18/h5-12,14H,4H2,1-3H3,(H2,22,23)(H,24,25). The summed E-state index contributed by atoms with van der Waals surface area (Å²) in [5, 5.41) is 5.43. The van der Waals surface area contributed by atoms with Gasteiger partial charge in [0.05, 0.1) is 5.69 Å². The molecule has 1 aromatic heterocycles. The van der Waals surface area contributed by atoms with Crippen LogP contribution in [-0.4, -0.2) is 17.0 Å². The largest absolute Gasteiger partial charge is 0.481 e. The molecule has 3 N–H and O–H groups in total. The quantitative estimate of drug-likeness (QED) is 0.650. The second-order valence-electron chi connectivity index (χ2n) is 6.31. The summed E-state index contributed by atoms with van der Waals surface area (Å²) in [4.78, 5) is 16.9. The predicted molar refractivity (Wildman–Crippen MR) is 111 cm³/mol. The Hall–Kier alpha value is -2.86. The number of nitrogens with two attached hydrogens (primary N) is 1. The van der Waals surface area contributed by atoms with Crippen molar-refractivity contribution in [2.45, 2.75) is 33.3 Å². The lowest BCUT2D eigenvalue weighted by Crippen LogP contribution is -2.30. The molecule has 140 valence electrons. The molecule has 0 spiro atoms. The van der Waals surface area contributed by atoms with Crippen molar-refractivity contribution in [3.63, 3.8) is 0 Å². The van der Waals surface area contributed by atoms with Crippen LogP contribution in [0.1, 0.15) is 25.0 Å². The third-order valence-electron chi connectivity index (χ3n) is 4.32. The van der Waals surface area contributed by atoms with Gasteiger partial charge in [-0.1, -0.05) is 37.3 Å². The molecule has 5 nitrogen and oxygen atoms in total. The van der Waals surface area contributed by atoms with Gasteiger partial charge in [0.1, 0.15) is 5.75 Å². The molecular weight excluding hydrogens is 358 g/mol. The van der Waals surface area contributed by atoms with E-state index in [0.717, 1.165) is 34.5 Å². The van der Waals surface area contributed by atoms with Crippen LogP contribution in [0.2, 0.25) is 0 Å². The summed E-state index contributed by atoms with van der Waals surface area (Å²) < 4.78 is 5.86. The van der Waals surface area contributed by atoms with Crippen LogP contribution in [0.3, 0.4) is 0 Å². The van der Waals surface area contributed by atoms with Gasteiger partial charge in [0, 0.05) is 16.6 Å². The topological polar surface area (TPSA) is 77.2 Å². The number of nitrogens with one attached hydrogen (secondary N) is 1. The predicted octanol–water partition coefficient (Wildman–Crippen LogP) is 4.67. The summed E-state index contributed by atoms with van der Waals surface area (Å²) in [6.45, 7) is 5.80. The van der Waals surface area contributed by atoms with Crippen molar-refractivity contribution in [3.8, 4) is 17.0 Å². The second kappa shape index (κ2) is 8.22. The van der Waals surface area contributed by atoms with Crippen LogP contribution < -0.4 is 15.8 Å². The zero-order chi connectivity index (χ0) is 19.4. The summed E-state index contributed by atoms with van der Waals surface area (Å²) in [6.07, 6.45) is 0.218. The molecule has 0 saturated heterocycles. The number of anilines is 2. The van der Waals surface area contributed by atoms with Crippen molar-refractivity contribution in [2.75, 3.05) is 11.1 Å². The molecule has 27 heavy (non-hydrogen) atoms. The van der Waals surface area contributed by atoms with Gasteiger partial charge >= 0.3 is 0 Å². The molecule has 0 aliphatic heterocycles. The van der Waals surface area contributed by atoms with Gasteiger partial charge in [-0.05, 0) is 43.5 Å². The Bertz CT molecular complexity index is 952. The molecular formula is C21H23N3O2S. The Morgan fingerprint density at radius 2 is 2.07 bits per heavy atom. The summed E-state index contributed by atoms with van der Waals surface area (Å²) in [7, 11) is 0. The minimum absolute atomic E-state index is 0.178. The highest BCUT2D eigenvalue weighted by Gasteiger charge is 2.17. The first-order chi connectivity index (χ1) is 13.0. The van der Waals surface area contributed by atoms with Crippen LogP contribution in [-0.2, 0) is 11.2 Å². The van der Waals surface area contributed by atoms with Crippen LogP contribution in [0.25, 0.3) is 11.3 Å². The Morgan fingerprint density at radius 1 is 1.30 bits per heavy atom. The third kappa shape index (κ3) is 4.46. The van der Waals surface area contributed by atoms with E-state index in [1.165, 1.54) is 11.3 Å². The molecule has 1 heterocycles. The number of nitrogen functional groups attached to an aromatic ring is 1. The Balaban J connectivity index is 1.72. The van der Waals surface area contributed by atoms with Gasteiger partial charge in [-0.3, -0.25) is 4.79 Å². The number of rotatable bonds is 6. The maximum absolute atomic E-state index is 12.6. The van der Waals surface area contributed by atoms with Crippen molar-refractivity contribution >= 4 is 28.1 Å². The van der Waals surface area contributed by atoms with E-state index in [1.807, 2.05) is 54.8 Å². The molecule has 1 atom stereocenters. The van der Waals surface area contributed by atoms with Crippen LogP contribution in [0.15, 0.2) is 47.8 Å². The Labute approximate surface area is 163 Å². The Kier molecular flexibility index (Phi) is 5.76. The molecule has 3 rings (SSSR count). The van der Waals surface area contributed by atoms with Crippen molar-refractivity contribution in [3.05, 3.63) is 59.0 Å². The van der Waals surface area contributed by atoms with E-state index >= 15 is 0 Å². The molecule has 6 heteroatoms. The number of hydrogen-bond donors (Lipinski definition) is 2. The minimum atomic E-state index is -0.634. The van der Waals surface area contributed by atoms with Crippen molar-refractivity contribution < 1.29 is 9.53 Å². The van der Waals surface area contributed by atoms with Crippen LogP contribution >= 0.6 is 11.3 Å². The number of aryl methyl sites for hydroxylation is 2. The first kappa shape index (κ1) is 18.9. The molecule has 0 fully saturated rings. The SMILES string of the molecule is CCc1cccc(C)c1NC(=O)C(C)Oc1cccc(-c2csc(N)n2)c1. The first-order valence-electron chi connectivity index (χ1n) is 8.85. The van der Waals surface area contributed by atoms with E-state index in [2.05, 4.69) is 17.2 Å². The lowest BCUT2D eigenvalue weighted by Gasteiger charge is -2.18. The zero-order valence-electron chi connectivity index (χ0n) is 15.7. The smallest absolute Gasteiger partial charge is 0.265 e. The number of aromatic nitrogens is 1. The van der Waals surface area contributed by atoms with Gasteiger partial charge in [-0.25, -0.2) is 4.98 Å². The normalized spacial score (nSPS) is 11.8. The van der Waals surface area contributed by atoms with Gasteiger partial charge < -0.3 is 15.8 Å². The highest BCUT2D eigenvalue weighted by Crippen LogP contribution is 2.27. The molecule has 1 amide bonds. The first-order valence-corrected chi connectivity index (χ1v) is 9.73. The van der Waals surface area contributed by atoms with E-state index in [4.69, 9.17) is 10.5 Å². The number of carbonyl (C=O) groups excluding carboxylic acids is 1. The number of thiazole rings is 1. The van der Waals surface area contributed by atoms with E-state index in [9.17, 15) is 4.79 Å². The highest BCUT2D eigenvalue weighted by atomic mass is 32.1. The van der Waals surface area contributed by atoms with E-state index in [0.29, 0.717) is 10.9 Å². The molecule has 3 aromatic rings. The summed E-state index contributed by atoms with van der Waals surface area (Å²) in [5.74, 6) is 0.435. The van der Waals surface area contributed by atoms with Gasteiger partial charge in [-0.2, -0.15) is 0 Å². The number of hydrogen-bond acceptors (Lipinski definition) is 5. The lowest BCUT2D eigenvalue weighted by atomic mass is 10.1. The maximum Gasteiger partial charge on any atom is 0.265 e. The monoisotopic (exact) mass is 381 g/mol. The van der Waals surface area contributed by atoms with Gasteiger partial charge in [0.2, 0.25) is 0 Å². The molecule has 0 bridgehead atoms. The molecule has 0 saturated carbocycles. The average molecular weight is 382 g/mol. The van der Waals surface area contributed by atoms with Crippen LogP contribution in [0.4, 0.5) is 10.8 Å². The van der Waals surface area contributed by atoms with Crippen molar-refractivity contribution in [1.82, 2.24) is 4.98 Å². The fourth-order valence-corrected chi connectivity index (χ4v) is 3.41. The number of ether oxygens (including phenoxy) is 1. The third-order valence-corrected chi connectivity index (χ3v) is 5.00. The van der Waals surface area contributed by atoms with Crippen LogP contribution in [0, 0.1) is 6.92 Å². The fraction of sp³-hybridized carbons (Fsp3) is 0.238. The number of benzene rings is 2. The van der Waals surface area contributed by atoms with E-state index in [-0.39, 0.29) is 5.91 Å². The van der Waals surface area contributed by atoms with Crippen molar-refractivity contribution in [1.29, 1.82) is 0 Å². The number of amides is 1. The average Bonchev–Trinajstić information content (AvgIpc) is 3.10. The van der Waals surface area contributed by atoms with Gasteiger partial charge in [0.25, 0.3) is 5.91 Å². The number of carbonyl (C=O) groups is 1. The highest BCUT2D eigenvalue weighted by molar-refractivity contribution is 7.13. The number of nitrogens with zero attached hydrogens (tertiary/aromatic N) is 1. The molecule has 0 aliphatic rings. The van der Waals surface area contributed by atoms with Crippen LogP contribution in [0.5, 0.6) is 5.75 Å². The maximum atomic E-state index is 12.6. The summed E-state index contributed by atoms with van der Waals surface area (Å²) in [6, 6.07) is 13.5. The van der Waals surface area contributed by atoms with Gasteiger partial charge in [0.15, 0.2) is 11.2 Å². The van der Waals surface area contributed by atoms with E-state index < -0.39 is 6.10 Å². The Morgan fingerprint density at radius 3 is 2.78 bits per heavy atom. The number of para-hydroxylation sites is 1. The minimum Gasteiger partial charge on any atom is -0.481 e. The molecule has 0 aliphatic carbocycles.